The molecule has 0 fully saturated rings. The van der Waals surface area contributed by atoms with Crippen LogP contribution in [0.3, 0.4) is 0 Å². The average molecular weight is 494 g/mol. The second-order valence-corrected chi connectivity index (χ2v) is 7.76. The van der Waals surface area contributed by atoms with Gasteiger partial charge in [0, 0.05) is 26.5 Å². The smallest absolute Gasteiger partial charge is 0.366 e. The van der Waals surface area contributed by atoms with E-state index < -0.39 is 17.6 Å². The van der Waals surface area contributed by atoms with Crippen molar-refractivity contribution in [3.05, 3.63) is 80.9 Å². The highest BCUT2D eigenvalue weighted by Gasteiger charge is 2.31. The first kappa shape index (κ1) is 18.8. The predicted octanol–water partition coefficient (Wildman–Crippen LogP) is 5.57. The van der Waals surface area contributed by atoms with E-state index in [-0.39, 0.29) is 0 Å². The van der Waals surface area contributed by atoms with Crippen LogP contribution < -0.4 is 5.73 Å². The topological polar surface area (TPSA) is 48.0 Å². The Bertz CT molecular complexity index is 1230. The Kier molecular flexibility index (Phi) is 4.57. The van der Waals surface area contributed by atoms with Gasteiger partial charge in [-0.15, -0.1) is 0 Å². The maximum Gasteiger partial charge on any atom is 0.416 e. The molecule has 142 valence electrons. The van der Waals surface area contributed by atoms with Crippen molar-refractivity contribution in [2.75, 3.05) is 0 Å². The lowest BCUT2D eigenvalue weighted by molar-refractivity contribution is -0.137. The van der Waals surface area contributed by atoms with E-state index >= 15 is 0 Å². The molecular weight excluding hydrogens is 480 g/mol. The number of hydrogen-bond acceptors (Lipinski definition) is 1. The lowest BCUT2D eigenvalue weighted by Crippen LogP contribution is -2.11. The number of nitrogens with zero attached hydrogens (tertiary/aromatic N) is 1. The maximum atomic E-state index is 13.3. The molecule has 0 saturated heterocycles. The molecule has 1 aromatic heterocycles. The van der Waals surface area contributed by atoms with Crippen molar-refractivity contribution >= 4 is 50.3 Å². The maximum absolute atomic E-state index is 13.3. The standard InChI is InChI=1S/C21H14F3IN2O/c22-21(23,24)13-7-8-15-18(10-13)27(11-12-3-1-4-14(25)9-12)17-6-2-5-16(19(15)17)20(26)28/h1-10H,11H2,(H2,26,28). The number of primary amides is 1. The van der Waals surface area contributed by atoms with Gasteiger partial charge in [0.25, 0.3) is 0 Å². The summed E-state index contributed by atoms with van der Waals surface area (Å²) >= 11 is 2.19. The van der Waals surface area contributed by atoms with E-state index in [1.165, 1.54) is 6.07 Å². The Balaban J connectivity index is 2.06. The van der Waals surface area contributed by atoms with Crippen LogP contribution in [-0.2, 0) is 12.7 Å². The molecule has 0 spiro atoms. The van der Waals surface area contributed by atoms with Crippen molar-refractivity contribution in [3.8, 4) is 0 Å². The fraction of sp³-hybridized carbons (Fsp3) is 0.0952. The first-order chi connectivity index (χ1) is 13.3. The van der Waals surface area contributed by atoms with Crippen LogP contribution >= 0.6 is 22.6 Å². The molecule has 0 saturated carbocycles. The third-order valence-electron chi connectivity index (χ3n) is 4.71. The first-order valence-electron chi connectivity index (χ1n) is 8.42. The molecule has 1 heterocycles. The van der Waals surface area contributed by atoms with E-state index in [4.69, 9.17) is 5.73 Å². The molecule has 0 atom stereocenters. The number of fused-ring (bicyclic) bond motifs is 3. The molecule has 4 rings (SSSR count). The molecule has 0 aliphatic heterocycles. The zero-order valence-electron chi connectivity index (χ0n) is 14.4. The van der Waals surface area contributed by atoms with Gasteiger partial charge < -0.3 is 10.3 Å². The highest BCUT2D eigenvalue weighted by molar-refractivity contribution is 14.1. The van der Waals surface area contributed by atoms with E-state index in [2.05, 4.69) is 22.6 Å². The SMILES string of the molecule is NC(=O)c1cccc2c1c1ccc(C(F)(F)F)cc1n2Cc1cccc(I)c1. The minimum Gasteiger partial charge on any atom is -0.366 e. The number of carbonyl (C=O) groups excluding carboxylic acids is 1. The Morgan fingerprint density at radius 3 is 2.43 bits per heavy atom. The largest absolute Gasteiger partial charge is 0.416 e. The van der Waals surface area contributed by atoms with Gasteiger partial charge in [0.15, 0.2) is 0 Å². The lowest BCUT2D eigenvalue weighted by Gasteiger charge is -2.10. The Hall–Kier alpha value is -2.55. The number of amides is 1. The van der Waals surface area contributed by atoms with Gasteiger partial charge in [-0.1, -0.05) is 24.3 Å². The molecular formula is C21H14F3IN2O. The number of carbonyl (C=O) groups is 1. The molecule has 0 bridgehead atoms. The van der Waals surface area contributed by atoms with Crippen molar-refractivity contribution in [2.45, 2.75) is 12.7 Å². The fourth-order valence-electron chi connectivity index (χ4n) is 3.51. The zero-order chi connectivity index (χ0) is 20.1. The summed E-state index contributed by atoms with van der Waals surface area (Å²) in [7, 11) is 0. The molecule has 1 amide bonds. The normalized spacial score (nSPS) is 12.0. The number of aromatic nitrogens is 1. The molecule has 2 N–H and O–H groups in total. The summed E-state index contributed by atoms with van der Waals surface area (Å²) < 4.78 is 42.8. The Labute approximate surface area is 172 Å². The van der Waals surface area contributed by atoms with Crippen molar-refractivity contribution in [1.29, 1.82) is 0 Å². The van der Waals surface area contributed by atoms with E-state index in [0.717, 1.165) is 21.3 Å². The zero-order valence-corrected chi connectivity index (χ0v) is 16.6. The van der Waals surface area contributed by atoms with Gasteiger partial charge in [0.2, 0.25) is 5.91 Å². The molecule has 0 aliphatic carbocycles. The lowest BCUT2D eigenvalue weighted by atomic mass is 10.0. The van der Waals surface area contributed by atoms with Gasteiger partial charge in [-0.3, -0.25) is 4.79 Å². The van der Waals surface area contributed by atoms with Gasteiger partial charge in [0.1, 0.15) is 0 Å². The fourth-order valence-corrected chi connectivity index (χ4v) is 4.12. The van der Waals surface area contributed by atoms with Gasteiger partial charge in [0.05, 0.1) is 16.6 Å². The van der Waals surface area contributed by atoms with Crippen LogP contribution in [0.4, 0.5) is 13.2 Å². The molecule has 28 heavy (non-hydrogen) atoms. The number of nitrogens with two attached hydrogens (primary N) is 1. The predicted molar refractivity (Wildman–Crippen MR) is 111 cm³/mol. The minimum absolute atomic E-state index is 0.295. The van der Waals surface area contributed by atoms with Crippen LogP contribution in [0.2, 0.25) is 0 Å². The summed E-state index contributed by atoms with van der Waals surface area (Å²) in [6.45, 7) is 0.375. The second-order valence-electron chi connectivity index (χ2n) is 6.51. The summed E-state index contributed by atoms with van der Waals surface area (Å²) in [5.74, 6) is -0.612. The monoisotopic (exact) mass is 494 g/mol. The van der Waals surface area contributed by atoms with Crippen LogP contribution in [0.1, 0.15) is 21.5 Å². The molecule has 4 aromatic rings. The molecule has 0 unspecified atom stereocenters. The Morgan fingerprint density at radius 2 is 1.75 bits per heavy atom. The second kappa shape index (κ2) is 6.80. The number of rotatable bonds is 3. The van der Waals surface area contributed by atoms with Crippen LogP contribution in [0, 0.1) is 3.57 Å². The highest BCUT2D eigenvalue weighted by atomic mass is 127. The van der Waals surface area contributed by atoms with Gasteiger partial charge in [-0.05, 0) is 64.6 Å². The van der Waals surface area contributed by atoms with Crippen LogP contribution in [0.25, 0.3) is 21.8 Å². The molecule has 0 radical (unpaired) electrons. The van der Waals surface area contributed by atoms with E-state index in [1.807, 2.05) is 24.3 Å². The summed E-state index contributed by atoms with van der Waals surface area (Å²) in [4.78, 5) is 11.9. The third-order valence-corrected chi connectivity index (χ3v) is 5.38. The van der Waals surface area contributed by atoms with Crippen molar-refractivity contribution in [3.63, 3.8) is 0 Å². The van der Waals surface area contributed by atoms with Gasteiger partial charge in [-0.2, -0.15) is 13.2 Å². The Morgan fingerprint density at radius 1 is 1.00 bits per heavy atom. The number of alkyl halides is 3. The summed E-state index contributed by atoms with van der Waals surface area (Å²) in [6.07, 6.45) is -4.45. The molecule has 0 aliphatic rings. The summed E-state index contributed by atoms with van der Waals surface area (Å²) in [5.41, 5.74) is 7.12. The number of benzene rings is 3. The highest BCUT2D eigenvalue weighted by Crippen LogP contribution is 2.37. The summed E-state index contributed by atoms with van der Waals surface area (Å²) in [6, 6.07) is 16.4. The van der Waals surface area contributed by atoms with Crippen LogP contribution in [0.15, 0.2) is 60.7 Å². The average Bonchev–Trinajstić information content (AvgIpc) is 2.94. The molecule has 3 nitrogen and oxygen atoms in total. The number of hydrogen-bond donors (Lipinski definition) is 1. The first-order valence-corrected chi connectivity index (χ1v) is 9.50. The van der Waals surface area contributed by atoms with E-state index in [0.29, 0.717) is 33.9 Å². The van der Waals surface area contributed by atoms with Crippen molar-refractivity contribution < 1.29 is 18.0 Å². The van der Waals surface area contributed by atoms with Gasteiger partial charge in [-0.25, -0.2) is 0 Å². The molecule has 7 heteroatoms. The van der Waals surface area contributed by atoms with Crippen LogP contribution in [0.5, 0.6) is 0 Å². The summed E-state index contributed by atoms with van der Waals surface area (Å²) in [5, 5.41) is 1.15. The number of halogens is 4. The third kappa shape index (κ3) is 3.23. The minimum atomic E-state index is -4.45. The van der Waals surface area contributed by atoms with E-state index in [1.54, 1.807) is 22.8 Å². The van der Waals surface area contributed by atoms with Gasteiger partial charge >= 0.3 is 6.18 Å². The molecule has 3 aromatic carbocycles. The van der Waals surface area contributed by atoms with Crippen molar-refractivity contribution in [1.82, 2.24) is 4.57 Å². The quantitative estimate of drug-likeness (QED) is 0.373. The van der Waals surface area contributed by atoms with Crippen LogP contribution in [-0.4, -0.2) is 10.5 Å². The van der Waals surface area contributed by atoms with E-state index in [9.17, 15) is 18.0 Å². The van der Waals surface area contributed by atoms with Crippen molar-refractivity contribution in [2.24, 2.45) is 5.73 Å².